The van der Waals surface area contributed by atoms with E-state index in [-0.39, 0.29) is 11.8 Å². The maximum absolute atomic E-state index is 12.6. The maximum Gasteiger partial charge on any atom is 0.265 e. The number of anilines is 3. The first kappa shape index (κ1) is 18.5. The normalized spacial score (nSPS) is 14.3. The number of nitrogens with zero attached hydrogens (tertiary/aromatic N) is 1. The van der Waals surface area contributed by atoms with E-state index in [4.69, 9.17) is 5.73 Å². The lowest BCUT2D eigenvalue weighted by molar-refractivity contribution is -0.117. The average molecular weight is 395 g/mol. The summed E-state index contributed by atoms with van der Waals surface area (Å²) < 4.78 is 0.949. The van der Waals surface area contributed by atoms with Crippen molar-refractivity contribution in [1.29, 1.82) is 0 Å². The van der Waals surface area contributed by atoms with Gasteiger partial charge in [0.15, 0.2) is 0 Å². The number of hydrogen-bond donors (Lipinski definition) is 3. The number of thiophene rings is 1. The van der Waals surface area contributed by atoms with Gasteiger partial charge in [0.2, 0.25) is 5.91 Å². The molecular formula is C21H22N4O2S. The van der Waals surface area contributed by atoms with E-state index < -0.39 is 0 Å². The summed E-state index contributed by atoms with van der Waals surface area (Å²) in [5.74, 6) is -0.200. The molecule has 144 valence electrons. The number of hydrogen-bond acceptors (Lipinski definition) is 5. The maximum atomic E-state index is 12.6. The number of nitrogens with two attached hydrogens (primary N) is 1. The van der Waals surface area contributed by atoms with Gasteiger partial charge in [-0.05, 0) is 61.6 Å². The van der Waals surface area contributed by atoms with Crippen LogP contribution in [0.4, 0.5) is 17.1 Å². The van der Waals surface area contributed by atoms with Crippen LogP contribution < -0.4 is 16.4 Å². The fraction of sp³-hybridized carbons (Fsp3) is 0.238. The second-order valence-electron chi connectivity index (χ2n) is 6.94. The molecule has 2 heterocycles. The van der Waals surface area contributed by atoms with Crippen LogP contribution in [0.3, 0.4) is 0 Å². The molecule has 0 aliphatic carbocycles. The van der Waals surface area contributed by atoms with Gasteiger partial charge in [0.05, 0.1) is 22.8 Å². The van der Waals surface area contributed by atoms with Crippen LogP contribution in [0.5, 0.6) is 0 Å². The zero-order valence-electron chi connectivity index (χ0n) is 15.4. The molecule has 6 nitrogen and oxygen atoms in total. The molecule has 1 fully saturated rings. The van der Waals surface area contributed by atoms with Crippen molar-refractivity contribution >= 4 is 50.3 Å². The second-order valence-corrected chi connectivity index (χ2v) is 8.02. The predicted molar refractivity (Wildman–Crippen MR) is 115 cm³/mol. The molecule has 1 aromatic heterocycles. The van der Waals surface area contributed by atoms with E-state index in [0.29, 0.717) is 22.8 Å². The summed E-state index contributed by atoms with van der Waals surface area (Å²) in [7, 11) is 0. The molecule has 1 aliphatic rings. The van der Waals surface area contributed by atoms with Crippen LogP contribution in [-0.4, -0.2) is 36.3 Å². The molecular weight excluding hydrogens is 372 g/mol. The van der Waals surface area contributed by atoms with E-state index in [1.807, 2.05) is 36.4 Å². The molecule has 1 saturated heterocycles. The van der Waals surface area contributed by atoms with E-state index in [2.05, 4.69) is 15.5 Å². The lowest BCUT2D eigenvalue weighted by Crippen LogP contribution is -2.30. The number of fused-ring (bicyclic) bond motifs is 1. The standard InChI is InChI=1S/C21H22N4O2S/c22-16-5-1-2-6-17(16)24-21(27)19-11-14-7-8-15(12-18(14)28-19)23-20(26)13-25-9-3-4-10-25/h1-2,5-8,11-12H,3-4,9-10,13,22H2,(H,23,26)(H,24,27). The van der Waals surface area contributed by atoms with Gasteiger partial charge in [-0.3, -0.25) is 14.5 Å². The highest BCUT2D eigenvalue weighted by Gasteiger charge is 2.16. The van der Waals surface area contributed by atoms with Crippen molar-refractivity contribution in [3.8, 4) is 0 Å². The average Bonchev–Trinajstić information content (AvgIpc) is 3.32. The molecule has 2 aromatic carbocycles. The Kier molecular flexibility index (Phi) is 5.27. The number of carbonyl (C=O) groups excluding carboxylic acids is 2. The smallest absolute Gasteiger partial charge is 0.265 e. The van der Waals surface area contributed by atoms with Crippen LogP contribution in [-0.2, 0) is 4.79 Å². The summed E-state index contributed by atoms with van der Waals surface area (Å²) in [5.41, 5.74) is 7.76. The van der Waals surface area contributed by atoms with E-state index >= 15 is 0 Å². The fourth-order valence-electron chi connectivity index (χ4n) is 3.36. The van der Waals surface area contributed by atoms with Gasteiger partial charge in [0, 0.05) is 10.4 Å². The number of likely N-dealkylation sites (tertiary alicyclic amines) is 1. The Labute approximate surface area is 167 Å². The number of nitrogen functional groups attached to an aromatic ring is 1. The summed E-state index contributed by atoms with van der Waals surface area (Å²) in [5, 5.41) is 6.77. The molecule has 0 saturated carbocycles. The molecule has 1 aliphatic heterocycles. The lowest BCUT2D eigenvalue weighted by atomic mass is 10.2. The largest absolute Gasteiger partial charge is 0.397 e. The van der Waals surface area contributed by atoms with Crippen molar-refractivity contribution in [2.75, 3.05) is 36.0 Å². The van der Waals surface area contributed by atoms with Crippen LogP contribution >= 0.6 is 11.3 Å². The predicted octanol–water partition coefficient (Wildman–Crippen LogP) is 3.77. The summed E-state index contributed by atoms with van der Waals surface area (Å²) in [6.07, 6.45) is 2.32. The minimum atomic E-state index is -0.196. The zero-order chi connectivity index (χ0) is 19.5. The molecule has 0 atom stereocenters. The van der Waals surface area contributed by atoms with E-state index in [0.717, 1.165) is 41.7 Å². The molecule has 7 heteroatoms. The van der Waals surface area contributed by atoms with Gasteiger partial charge in [-0.15, -0.1) is 11.3 Å². The highest BCUT2D eigenvalue weighted by molar-refractivity contribution is 7.21. The van der Waals surface area contributed by atoms with E-state index in [1.165, 1.54) is 11.3 Å². The SMILES string of the molecule is Nc1ccccc1NC(=O)c1cc2ccc(NC(=O)CN3CCCC3)cc2s1. The Morgan fingerprint density at radius 3 is 2.61 bits per heavy atom. The molecule has 4 N–H and O–H groups in total. The quantitative estimate of drug-likeness (QED) is 0.575. The summed E-state index contributed by atoms with van der Waals surface area (Å²) in [6, 6.07) is 14.7. The second kappa shape index (κ2) is 8.00. The Morgan fingerprint density at radius 2 is 1.82 bits per heavy atom. The van der Waals surface area contributed by atoms with Crippen molar-refractivity contribution in [1.82, 2.24) is 4.90 Å². The first-order valence-electron chi connectivity index (χ1n) is 9.30. The number of nitrogens with one attached hydrogen (secondary N) is 2. The minimum Gasteiger partial charge on any atom is -0.397 e. The lowest BCUT2D eigenvalue weighted by Gasteiger charge is -2.14. The Balaban J connectivity index is 1.46. The van der Waals surface area contributed by atoms with Crippen molar-refractivity contribution in [3.63, 3.8) is 0 Å². The van der Waals surface area contributed by atoms with Gasteiger partial charge in [-0.2, -0.15) is 0 Å². The highest BCUT2D eigenvalue weighted by Crippen LogP contribution is 2.29. The summed E-state index contributed by atoms with van der Waals surface area (Å²) >= 11 is 1.39. The zero-order valence-corrected chi connectivity index (χ0v) is 16.2. The Bertz CT molecular complexity index is 1020. The third kappa shape index (κ3) is 4.16. The fourth-order valence-corrected chi connectivity index (χ4v) is 4.36. The minimum absolute atomic E-state index is 0.00433. The number of rotatable bonds is 5. The molecule has 0 unspecified atom stereocenters. The van der Waals surface area contributed by atoms with Crippen molar-refractivity contribution in [2.24, 2.45) is 0 Å². The number of benzene rings is 2. The number of carbonyl (C=O) groups is 2. The Morgan fingerprint density at radius 1 is 1.04 bits per heavy atom. The molecule has 28 heavy (non-hydrogen) atoms. The molecule has 0 radical (unpaired) electrons. The molecule has 0 bridgehead atoms. The monoisotopic (exact) mass is 394 g/mol. The van der Waals surface area contributed by atoms with Gasteiger partial charge in [-0.1, -0.05) is 18.2 Å². The van der Waals surface area contributed by atoms with Crippen molar-refractivity contribution in [3.05, 3.63) is 53.4 Å². The van der Waals surface area contributed by atoms with Crippen molar-refractivity contribution in [2.45, 2.75) is 12.8 Å². The highest BCUT2D eigenvalue weighted by atomic mass is 32.1. The Hall–Kier alpha value is -2.90. The molecule has 2 amide bonds. The van der Waals surface area contributed by atoms with Gasteiger partial charge in [-0.25, -0.2) is 0 Å². The van der Waals surface area contributed by atoms with Gasteiger partial charge in [0.1, 0.15) is 0 Å². The van der Waals surface area contributed by atoms with Crippen LogP contribution in [0.1, 0.15) is 22.5 Å². The van der Waals surface area contributed by atoms with Gasteiger partial charge >= 0.3 is 0 Å². The van der Waals surface area contributed by atoms with Gasteiger partial charge < -0.3 is 16.4 Å². The van der Waals surface area contributed by atoms with Crippen LogP contribution in [0.2, 0.25) is 0 Å². The molecule has 3 aromatic rings. The van der Waals surface area contributed by atoms with Crippen LogP contribution in [0, 0.1) is 0 Å². The van der Waals surface area contributed by atoms with E-state index in [9.17, 15) is 9.59 Å². The first-order valence-corrected chi connectivity index (χ1v) is 10.1. The molecule has 4 rings (SSSR count). The van der Waals surface area contributed by atoms with E-state index in [1.54, 1.807) is 12.1 Å². The van der Waals surface area contributed by atoms with Gasteiger partial charge in [0.25, 0.3) is 5.91 Å². The first-order chi connectivity index (χ1) is 13.6. The van der Waals surface area contributed by atoms with Crippen molar-refractivity contribution < 1.29 is 9.59 Å². The van der Waals surface area contributed by atoms with Crippen LogP contribution in [0.25, 0.3) is 10.1 Å². The third-order valence-corrected chi connectivity index (χ3v) is 5.90. The third-order valence-electron chi connectivity index (χ3n) is 4.80. The number of para-hydroxylation sites is 2. The summed E-state index contributed by atoms with van der Waals surface area (Å²) in [6.45, 7) is 2.40. The number of amides is 2. The topological polar surface area (TPSA) is 87.5 Å². The van der Waals surface area contributed by atoms with Crippen LogP contribution in [0.15, 0.2) is 48.5 Å². The molecule has 0 spiro atoms. The summed E-state index contributed by atoms with van der Waals surface area (Å²) in [4.78, 5) is 27.5.